The van der Waals surface area contributed by atoms with Crippen LogP contribution in [0, 0.1) is 0 Å². The van der Waals surface area contributed by atoms with Gasteiger partial charge in [-0.25, -0.2) is 9.59 Å². The molecule has 19 heavy (non-hydrogen) atoms. The molecule has 0 aromatic rings. The highest BCUT2D eigenvalue weighted by molar-refractivity contribution is 5.83. The molecule has 8 heteroatoms. The number of ether oxygens (including phenoxy) is 2. The number of aliphatic hydroxyl groups excluding tert-OH is 1. The van der Waals surface area contributed by atoms with Crippen molar-refractivity contribution in [3.05, 3.63) is 0 Å². The monoisotopic (exact) mass is 278 g/mol. The van der Waals surface area contributed by atoms with E-state index in [9.17, 15) is 14.7 Å². The van der Waals surface area contributed by atoms with Crippen molar-refractivity contribution in [2.75, 3.05) is 40.5 Å². The van der Waals surface area contributed by atoms with Crippen LogP contribution >= 0.6 is 0 Å². The third-order valence-electron chi connectivity index (χ3n) is 2.45. The zero-order valence-corrected chi connectivity index (χ0v) is 11.5. The summed E-state index contributed by atoms with van der Waals surface area (Å²) in [5.41, 5.74) is 0. The van der Waals surface area contributed by atoms with E-state index in [0.717, 1.165) is 0 Å². The lowest BCUT2D eigenvalue weighted by atomic mass is 10.2. The molecule has 0 spiro atoms. The highest BCUT2D eigenvalue weighted by Crippen LogP contribution is 1.97. The second-order valence-corrected chi connectivity index (χ2v) is 3.98. The van der Waals surface area contributed by atoms with E-state index < -0.39 is 24.1 Å². The summed E-state index contributed by atoms with van der Waals surface area (Å²) in [4.78, 5) is 24.2. The van der Waals surface area contributed by atoms with Crippen LogP contribution in [0.1, 0.15) is 6.92 Å². The predicted octanol–water partition coefficient (Wildman–Crippen LogP) is -0.875. The maximum absolute atomic E-state index is 11.9. The average Bonchev–Trinajstić information content (AvgIpc) is 2.35. The number of amides is 2. The van der Waals surface area contributed by atoms with Crippen molar-refractivity contribution in [2.45, 2.75) is 19.1 Å². The minimum Gasteiger partial charge on any atom is -0.480 e. The van der Waals surface area contributed by atoms with E-state index >= 15 is 0 Å². The molecule has 0 saturated carbocycles. The minimum absolute atomic E-state index is 0.303. The van der Waals surface area contributed by atoms with Gasteiger partial charge in [-0.1, -0.05) is 0 Å². The lowest BCUT2D eigenvalue weighted by molar-refractivity contribution is -0.141. The van der Waals surface area contributed by atoms with Crippen LogP contribution in [0.15, 0.2) is 0 Å². The Balaban J connectivity index is 4.54. The summed E-state index contributed by atoms with van der Waals surface area (Å²) in [6.45, 7) is 2.55. The van der Waals surface area contributed by atoms with Crippen molar-refractivity contribution in [1.82, 2.24) is 10.2 Å². The summed E-state index contributed by atoms with van der Waals surface area (Å²) >= 11 is 0. The van der Waals surface area contributed by atoms with Gasteiger partial charge in [0, 0.05) is 27.3 Å². The van der Waals surface area contributed by atoms with Crippen LogP contribution in [-0.4, -0.2) is 79.8 Å². The van der Waals surface area contributed by atoms with Gasteiger partial charge in [-0.15, -0.1) is 0 Å². The second-order valence-electron chi connectivity index (χ2n) is 3.98. The Morgan fingerprint density at radius 1 is 1.21 bits per heavy atom. The predicted molar refractivity (Wildman–Crippen MR) is 67.0 cm³/mol. The van der Waals surface area contributed by atoms with Crippen molar-refractivity contribution < 1.29 is 29.3 Å². The molecule has 2 atom stereocenters. The Hall–Kier alpha value is -1.38. The van der Waals surface area contributed by atoms with Gasteiger partial charge >= 0.3 is 12.0 Å². The summed E-state index contributed by atoms with van der Waals surface area (Å²) < 4.78 is 9.75. The summed E-state index contributed by atoms with van der Waals surface area (Å²) in [5.74, 6) is -1.29. The van der Waals surface area contributed by atoms with Crippen LogP contribution in [0.25, 0.3) is 0 Å². The van der Waals surface area contributed by atoms with E-state index in [2.05, 4.69) is 5.32 Å². The molecule has 0 aromatic carbocycles. The number of nitrogens with one attached hydrogen (secondary N) is 1. The number of hydrogen-bond acceptors (Lipinski definition) is 5. The first-order valence-corrected chi connectivity index (χ1v) is 5.88. The average molecular weight is 278 g/mol. The van der Waals surface area contributed by atoms with Gasteiger partial charge < -0.3 is 29.9 Å². The number of hydrogen-bond donors (Lipinski definition) is 3. The van der Waals surface area contributed by atoms with E-state index in [-0.39, 0.29) is 0 Å². The number of nitrogens with zero attached hydrogens (tertiary/aromatic N) is 1. The number of carbonyl (C=O) groups excluding carboxylic acids is 1. The largest absolute Gasteiger partial charge is 0.480 e. The lowest BCUT2D eigenvalue weighted by Crippen LogP contribution is -2.53. The first-order chi connectivity index (χ1) is 8.93. The molecule has 2 unspecified atom stereocenters. The zero-order chi connectivity index (χ0) is 14.8. The van der Waals surface area contributed by atoms with Gasteiger partial charge in [-0.2, -0.15) is 0 Å². The van der Waals surface area contributed by atoms with Crippen LogP contribution in [-0.2, 0) is 14.3 Å². The highest BCUT2D eigenvalue weighted by atomic mass is 16.5. The molecule has 0 rings (SSSR count). The molecular formula is C11H22N2O6. The molecule has 0 bridgehead atoms. The van der Waals surface area contributed by atoms with Gasteiger partial charge in [-0.3, -0.25) is 0 Å². The Kier molecular flexibility index (Phi) is 8.84. The first-order valence-electron chi connectivity index (χ1n) is 5.88. The Bertz CT molecular complexity index is 276. The molecule has 0 aliphatic heterocycles. The number of carboxylic acids is 1. The number of carboxylic acid groups (broad SMARTS) is 1. The lowest BCUT2D eigenvalue weighted by Gasteiger charge is -2.25. The van der Waals surface area contributed by atoms with Crippen LogP contribution in [0.4, 0.5) is 4.79 Å². The van der Waals surface area contributed by atoms with Crippen LogP contribution in [0.5, 0.6) is 0 Å². The quantitative estimate of drug-likeness (QED) is 0.505. The van der Waals surface area contributed by atoms with Gasteiger partial charge in [0.1, 0.15) is 0 Å². The number of methoxy groups -OCH3 is 2. The van der Waals surface area contributed by atoms with Crippen molar-refractivity contribution >= 4 is 12.0 Å². The van der Waals surface area contributed by atoms with E-state index in [1.165, 1.54) is 26.0 Å². The van der Waals surface area contributed by atoms with Crippen molar-refractivity contribution in [1.29, 1.82) is 0 Å². The maximum atomic E-state index is 11.9. The van der Waals surface area contributed by atoms with Crippen LogP contribution in [0.2, 0.25) is 0 Å². The molecule has 0 fully saturated rings. The van der Waals surface area contributed by atoms with Gasteiger partial charge in [0.2, 0.25) is 0 Å². The Labute approximate surface area is 112 Å². The molecule has 2 amide bonds. The van der Waals surface area contributed by atoms with Crippen molar-refractivity contribution in [3.63, 3.8) is 0 Å². The summed E-state index contributed by atoms with van der Waals surface area (Å²) in [5, 5.41) is 20.4. The van der Waals surface area contributed by atoms with Gasteiger partial charge in [0.05, 0.1) is 19.3 Å². The zero-order valence-electron chi connectivity index (χ0n) is 11.5. The smallest absolute Gasteiger partial charge is 0.328 e. The SMILES string of the molecule is COCCN(CCOC)C(=O)NC(C(=O)O)C(C)O. The summed E-state index contributed by atoms with van der Waals surface area (Å²) in [6, 6.07) is -1.93. The molecule has 0 radical (unpaired) electrons. The number of carbonyl (C=O) groups is 2. The fourth-order valence-electron chi connectivity index (χ4n) is 1.33. The van der Waals surface area contributed by atoms with Crippen LogP contribution in [0.3, 0.4) is 0 Å². The number of aliphatic hydroxyl groups is 1. The Morgan fingerprint density at radius 3 is 2.00 bits per heavy atom. The third kappa shape index (κ3) is 6.94. The number of aliphatic carboxylic acids is 1. The molecular weight excluding hydrogens is 256 g/mol. The van der Waals surface area contributed by atoms with E-state index in [4.69, 9.17) is 14.6 Å². The highest BCUT2D eigenvalue weighted by Gasteiger charge is 2.27. The molecule has 0 aliphatic carbocycles. The molecule has 0 aromatic heterocycles. The summed E-state index contributed by atoms with van der Waals surface area (Å²) in [7, 11) is 3.00. The van der Waals surface area contributed by atoms with Crippen LogP contribution < -0.4 is 5.32 Å². The van der Waals surface area contributed by atoms with E-state index in [0.29, 0.717) is 26.3 Å². The number of urea groups is 1. The summed E-state index contributed by atoms with van der Waals surface area (Å²) in [6.07, 6.45) is -1.19. The molecule has 112 valence electrons. The van der Waals surface area contributed by atoms with Gasteiger partial charge in [-0.05, 0) is 6.92 Å². The normalized spacial score (nSPS) is 13.7. The van der Waals surface area contributed by atoms with E-state index in [1.54, 1.807) is 0 Å². The molecule has 3 N–H and O–H groups in total. The minimum atomic E-state index is -1.35. The fraction of sp³-hybridized carbons (Fsp3) is 0.818. The first kappa shape index (κ1) is 17.6. The molecule has 0 heterocycles. The third-order valence-corrected chi connectivity index (χ3v) is 2.45. The topological polar surface area (TPSA) is 108 Å². The van der Waals surface area contributed by atoms with E-state index in [1.807, 2.05) is 0 Å². The maximum Gasteiger partial charge on any atom is 0.328 e. The second kappa shape index (κ2) is 9.54. The van der Waals surface area contributed by atoms with Gasteiger partial charge in [0.25, 0.3) is 0 Å². The van der Waals surface area contributed by atoms with Crippen molar-refractivity contribution in [3.8, 4) is 0 Å². The standard InChI is InChI=1S/C11H22N2O6/c1-8(14)9(10(15)16)12-11(17)13(4-6-18-2)5-7-19-3/h8-9,14H,4-7H2,1-3H3,(H,12,17)(H,15,16). The van der Waals surface area contributed by atoms with Gasteiger partial charge in [0.15, 0.2) is 6.04 Å². The fourth-order valence-corrected chi connectivity index (χ4v) is 1.33. The molecule has 0 saturated heterocycles. The molecule has 8 nitrogen and oxygen atoms in total. The molecule has 0 aliphatic rings. The Morgan fingerprint density at radius 2 is 1.68 bits per heavy atom. The van der Waals surface area contributed by atoms with Crippen molar-refractivity contribution in [2.24, 2.45) is 0 Å². The number of rotatable bonds is 9.